The number of hydrogen-bond donors (Lipinski definition) is 0. The van der Waals surface area contributed by atoms with Gasteiger partial charge in [0.2, 0.25) is 0 Å². The zero-order chi connectivity index (χ0) is 15.6. The highest BCUT2D eigenvalue weighted by Gasteiger charge is 2.51. The molecule has 0 heterocycles. The standard InChI is InChI=1S/C19H20O3/c1-19(2)12-17(19)18(20)21-13-14-7-6-10-16(11-14)22-15-8-4-3-5-9-15/h3-11,17H,12-13H2,1-2H3/t17-/m0/s1. The molecular formula is C19H20O3. The smallest absolute Gasteiger partial charge is 0.309 e. The summed E-state index contributed by atoms with van der Waals surface area (Å²) >= 11 is 0. The Morgan fingerprint density at radius 2 is 1.77 bits per heavy atom. The SMILES string of the molecule is CC1(C)C[C@H]1C(=O)OCc1cccc(Oc2ccccc2)c1. The minimum absolute atomic E-state index is 0.0521. The van der Waals surface area contributed by atoms with Gasteiger partial charge in [-0.1, -0.05) is 44.2 Å². The topological polar surface area (TPSA) is 35.5 Å². The van der Waals surface area contributed by atoms with E-state index in [-0.39, 0.29) is 23.9 Å². The van der Waals surface area contributed by atoms with E-state index in [1.807, 2.05) is 54.6 Å². The van der Waals surface area contributed by atoms with Crippen LogP contribution in [0.25, 0.3) is 0 Å². The van der Waals surface area contributed by atoms with Crippen molar-refractivity contribution < 1.29 is 14.3 Å². The molecule has 0 amide bonds. The van der Waals surface area contributed by atoms with Gasteiger partial charge < -0.3 is 9.47 Å². The normalized spacial score (nSPS) is 18.5. The second-order valence-corrected chi connectivity index (χ2v) is 6.42. The van der Waals surface area contributed by atoms with Crippen molar-refractivity contribution in [1.82, 2.24) is 0 Å². The first-order chi connectivity index (χ1) is 10.5. The van der Waals surface area contributed by atoms with Crippen LogP contribution in [0.3, 0.4) is 0 Å². The lowest BCUT2D eigenvalue weighted by Gasteiger charge is -2.09. The molecule has 0 unspecified atom stereocenters. The van der Waals surface area contributed by atoms with Crippen LogP contribution >= 0.6 is 0 Å². The molecule has 1 fully saturated rings. The zero-order valence-electron chi connectivity index (χ0n) is 12.9. The van der Waals surface area contributed by atoms with Gasteiger partial charge in [0.05, 0.1) is 5.92 Å². The molecule has 3 rings (SSSR count). The molecule has 0 spiro atoms. The Morgan fingerprint density at radius 3 is 2.45 bits per heavy atom. The Kier molecular flexibility index (Phi) is 3.88. The van der Waals surface area contributed by atoms with E-state index in [2.05, 4.69) is 13.8 Å². The molecule has 3 heteroatoms. The lowest BCUT2D eigenvalue weighted by molar-refractivity contribution is -0.147. The van der Waals surface area contributed by atoms with E-state index >= 15 is 0 Å². The quantitative estimate of drug-likeness (QED) is 0.758. The maximum atomic E-state index is 11.9. The van der Waals surface area contributed by atoms with Gasteiger partial charge in [-0.05, 0) is 41.7 Å². The van der Waals surface area contributed by atoms with E-state index in [1.165, 1.54) is 0 Å². The van der Waals surface area contributed by atoms with Crippen LogP contribution in [0.1, 0.15) is 25.8 Å². The first kappa shape index (κ1) is 14.6. The number of carbonyl (C=O) groups is 1. The van der Waals surface area contributed by atoms with Gasteiger partial charge in [0.25, 0.3) is 0 Å². The van der Waals surface area contributed by atoms with Gasteiger partial charge in [-0.25, -0.2) is 0 Å². The second kappa shape index (κ2) is 5.84. The Bertz CT molecular complexity index is 661. The Hall–Kier alpha value is -2.29. The summed E-state index contributed by atoms with van der Waals surface area (Å²) in [7, 11) is 0. The van der Waals surface area contributed by atoms with Crippen molar-refractivity contribution in [2.45, 2.75) is 26.9 Å². The predicted molar refractivity (Wildman–Crippen MR) is 84.6 cm³/mol. The van der Waals surface area contributed by atoms with E-state index < -0.39 is 0 Å². The van der Waals surface area contributed by atoms with Crippen LogP contribution in [-0.2, 0) is 16.1 Å². The third-order valence-electron chi connectivity index (χ3n) is 4.06. The molecule has 1 atom stereocenters. The average molecular weight is 296 g/mol. The van der Waals surface area contributed by atoms with Crippen molar-refractivity contribution in [3.8, 4) is 11.5 Å². The van der Waals surface area contributed by atoms with Crippen molar-refractivity contribution in [3.63, 3.8) is 0 Å². The van der Waals surface area contributed by atoms with Crippen LogP contribution in [0.2, 0.25) is 0 Å². The van der Waals surface area contributed by atoms with Crippen molar-refractivity contribution in [2.24, 2.45) is 11.3 Å². The summed E-state index contributed by atoms with van der Waals surface area (Å²) in [5, 5.41) is 0. The average Bonchev–Trinajstić information content (AvgIpc) is 3.15. The molecule has 2 aromatic carbocycles. The largest absolute Gasteiger partial charge is 0.461 e. The highest BCUT2D eigenvalue weighted by atomic mass is 16.5. The first-order valence-corrected chi connectivity index (χ1v) is 7.53. The number of carbonyl (C=O) groups excluding carboxylic acids is 1. The van der Waals surface area contributed by atoms with E-state index in [1.54, 1.807) is 0 Å². The summed E-state index contributed by atoms with van der Waals surface area (Å²) in [6.07, 6.45) is 0.920. The van der Waals surface area contributed by atoms with Gasteiger partial charge in [0.15, 0.2) is 0 Å². The fourth-order valence-electron chi connectivity index (χ4n) is 2.45. The number of hydrogen-bond acceptors (Lipinski definition) is 3. The Morgan fingerprint density at radius 1 is 1.09 bits per heavy atom. The van der Waals surface area contributed by atoms with E-state index in [0.717, 1.165) is 23.5 Å². The molecule has 1 saturated carbocycles. The van der Waals surface area contributed by atoms with E-state index in [0.29, 0.717) is 0 Å². The van der Waals surface area contributed by atoms with Crippen molar-refractivity contribution in [1.29, 1.82) is 0 Å². The Balaban J connectivity index is 1.58. The van der Waals surface area contributed by atoms with Crippen molar-refractivity contribution >= 4 is 5.97 Å². The van der Waals surface area contributed by atoms with Gasteiger partial charge in [0.1, 0.15) is 18.1 Å². The summed E-state index contributed by atoms with van der Waals surface area (Å²) < 4.78 is 11.2. The summed E-state index contributed by atoms with van der Waals surface area (Å²) in [5.74, 6) is 1.48. The lowest BCUT2D eigenvalue weighted by atomic mass is 10.1. The van der Waals surface area contributed by atoms with Gasteiger partial charge in [-0.3, -0.25) is 4.79 Å². The fourth-order valence-corrected chi connectivity index (χ4v) is 2.45. The molecule has 1 aliphatic rings. The molecule has 0 bridgehead atoms. The van der Waals surface area contributed by atoms with Gasteiger partial charge in [-0.2, -0.15) is 0 Å². The molecule has 0 radical (unpaired) electrons. The van der Waals surface area contributed by atoms with Crippen LogP contribution in [0.15, 0.2) is 54.6 Å². The maximum absolute atomic E-state index is 11.9. The van der Waals surface area contributed by atoms with Crippen molar-refractivity contribution in [2.75, 3.05) is 0 Å². The summed E-state index contributed by atoms with van der Waals surface area (Å²) in [6.45, 7) is 4.47. The number of rotatable bonds is 5. The molecule has 0 saturated heterocycles. The lowest BCUT2D eigenvalue weighted by Crippen LogP contribution is -2.10. The number of esters is 1. The second-order valence-electron chi connectivity index (χ2n) is 6.42. The minimum Gasteiger partial charge on any atom is -0.461 e. The molecule has 2 aromatic rings. The number of para-hydroxylation sites is 1. The fraction of sp³-hybridized carbons (Fsp3) is 0.316. The van der Waals surface area contributed by atoms with Gasteiger partial charge in [0, 0.05) is 0 Å². The number of ether oxygens (including phenoxy) is 2. The summed E-state index contributed by atoms with van der Waals surface area (Å²) in [5.41, 5.74) is 1.04. The zero-order valence-corrected chi connectivity index (χ0v) is 12.9. The van der Waals surface area contributed by atoms with Crippen LogP contribution in [-0.4, -0.2) is 5.97 Å². The minimum atomic E-state index is -0.0978. The molecular weight excluding hydrogens is 276 g/mol. The van der Waals surface area contributed by atoms with E-state index in [9.17, 15) is 4.79 Å². The van der Waals surface area contributed by atoms with Crippen LogP contribution in [0, 0.1) is 11.3 Å². The van der Waals surface area contributed by atoms with Crippen LogP contribution < -0.4 is 4.74 Å². The maximum Gasteiger partial charge on any atom is 0.309 e. The first-order valence-electron chi connectivity index (χ1n) is 7.53. The molecule has 22 heavy (non-hydrogen) atoms. The molecule has 3 nitrogen and oxygen atoms in total. The highest BCUT2D eigenvalue weighted by Crippen LogP contribution is 2.52. The van der Waals surface area contributed by atoms with E-state index in [4.69, 9.17) is 9.47 Å². The monoisotopic (exact) mass is 296 g/mol. The molecule has 0 N–H and O–H groups in total. The van der Waals surface area contributed by atoms with Crippen LogP contribution in [0.5, 0.6) is 11.5 Å². The predicted octanol–water partition coefficient (Wildman–Crippen LogP) is 4.57. The highest BCUT2D eigenvalue weighted by molar-refractivity contribution is 5.76. The molecule has 0 aliphatic heterocycles. The summed E-state index contributed by atoms with van der Waals surface area (Å²) in [4.78, 5) is 11.9. The van der Waals surface area contributed by atoms with Gasteiger partial charge in [-0.15, -0.1) is 0 Å². The number of benzene rings is 2. The third-order valence-corrected chi connectivity index (χ3v) is 4.06. The third kappa shape index (κ3) is 3.48. The molecule has 114 valence electrons. The molecule has 0 aromatic heterocycles. The Labute approximate surface area is 130 Å². The van der Waals surface area contributed by atoms with Gasteiger partial charge >= 0.3 is 5.97 Å². The van der Waals surface area contributed by atoms with Crippen molar-refractivity contribution in [3.05, 3.63) is 60.2 Å². The summed E-state index contributed by atoms with van der Waals surface area (Å²) in [6, 6.07) is 17.2. The molecule has 1 aliphatic carbocycles. The van der Waals surface area contributed by atoms with Crippen LogP contribution in [0.4, 0.5) is 0 Å².